The molecule has 0 radical (unpaired) electrons. The average molecular weight is 345 g/mol. The van der Waals surface area contributed by atoms with Crippen LogP contribution >= 0.6 is 0 Å². The van der Waals surface area contributed by atoms with Crippen LogP contribution < -0.4 is 5.32 Å². The highest BCUT2D eigenvalue weighted by Gasteiger charge is 2.23. The molecule has 0 spiro atoms. The predicted octanol–water partition coefficient (Wildman–Crippen LogP) is 2.17. The lowest BCUT2D eigenvalue weighted by atomic mass is 10.1. The van der Waals surface area contributed by atoms with Gasteiger partial charge in [-0.15, -0.1) is 0 Å². The van der Waals surface area contributed by atoms with E-state index in [1.165, 1.54) is 5.56 Å². The van der Waals surface area contributed by atoms with Crippen molar-refractivity contribution in [3.05, 3.63) is 35.4 Å². The summed E-state index contributed by atoms with van der Waals surface area (Å²) >= 11 is 0. The highest BCUT2D eigenvalue weighted by Crippen LogP contribution is 2.11. The molecule has 1 N–H and O–H groups in total. The zero-order chi connectivity index (χ0) is 18.4. The topological polar surface area (TPSA) is 52.7 Å². The molecule has 2 amide bonds. The van der Waals surface area contributed by atoms with Crippen molar-refractivity contribution in [1.82, 2.24) is 15.1 Å². The van der Waals surface area contributed by atoms with Gasteiger partial charge in [0.15, 0.2) is 0 Å². The number of hydrogen-bond donors (Lipinski definition) is 1. The van der Waals surface area contributed by atoms with Crippen molar-refractivity contribution in [2.45, 2.75) is 40.2 Å². The lowest BCUT2D eigenvalue weighted by Crippen LogP contribution is -2.52. The standard InChI is InChI=1S/C20H31N3O2/c1-5-17-6-8-18(9-7-17)20(25)23-12-10-22(11-13-23)14-19(24)21-16(4)15(2)3/h6-9,15-16H,5,10-14H2,1-4H3,(H,21,24). The highest BCUT2D eigenvalue weighted by atomic mass is 16.2. The van der Waals surface area contributed by atoms with Gasteiger partial charge in [0.05, 0.1) is 6.54 Å². The van der Waals surface area contributed by atoms with Crippen LogP contribution in [-0.4, -0.2) is 60.4 Å². The third-order valence-electron chi connectivity index (χ3n) is 5.02. The van der Waals surface area contributed by atoms with E-state index in [1.807, 2.05) is 36.1 Å². The quantitative estimate of drug-likeness (QED) is 0.860. The molecule has 1 aromatic rings. The summed E-state index contributed by atoms with van der Waals surface area (Å²) in [7, 11) is 0. The summed E-state index contributed by atoms with van der Waals surface area (Å²) in [5, 5.41) is 3.04. The molecular formula is C20H31N3O2. The number of carbonyl (C=O) groups is 2. The molecule has 5 nitrogen and oxygen atoms in total. The van der Waals surface area contributed by atoms with Crippen LogP contribution in [0.15, 0.2) is 24.3 Å². The Balaban J connectivity index is 1.80. The molecule has 1 heterocycles. The van der Waals surface area contributed by atoms with Gasteiger partial charge in [0.25, 0.3) is 5.91 Å². The lowest BCUT2D eigenvalue weighted by Gasteiger charge is -2.34. The maximum atomic E-state index is 12.6. The van der Waals surface area contributed by atoms with Crippen LogP contribution in [0, 0.1) is 5.92 Å². The summed E-state index contributed by atoms with van der Waals surface area (Å²) in [5.41, 5.74) is 1.98. The number of rotatable bonds is 6. The normalized spacial score (nSPS) is 16.8. The second-order valence-corrected chi connectivity index (χ2v) is 7.22. The van der Waals surface area contributed by atoms with Gasteiger partial charge in [-0.25, -0.2) is 0 Å². The van der Waals surface area contributed by atoms with E-state index >= 15 is 0 Å². The number of amides is 2. The molecule has 5 heteroatoms. The summed E-state index contributed by atoms with van der Waals surface area (Å²) < 4.78 is 0. The minimum absolute atomic E-state index is 0.0659. The number of aryl methyl sites for hydroxylation is 1. The first-order valence-corrected chi connectivity index (χ1v) is 9.30. The molecular weight excluding hydrogens is 314 g/mol. The summed E-state index contributed by atoms with van der Waals surface area (Å²) in [6.07, 6.45) is 0.977. The zero-order valence-corrected chi connectivity index (χ0v) is 15.9. The number of nitrogens with one attached hydrogen (secondary N) is 1. The largest absolute Gasteiger partial charge is 0.352 e. The molecule has 0 aromatic heterocycles. The Labute approximate surface area is 151 Å². The van der Waals surface area contributed by atoms with Gasteiger partial charge in [-0.2, -0.15) is 0 Å². The van der Waals surface area contributed by atoms with Gasteiger partial charge in [0.2, 0.25) is 5.91 Å². The fourth-order valence-electron chi connectivity index (χ4n) is 2.84. The maximum absolute atomic E-state index is 12.6. The van der Waals surface area contributed by atoms with E-state index in [0.29, 0.717) is 25.6 Å². The Morgan fingerprint density at radius 2 is 1.64 bits per heavy atom. The first-order valence-electron chi connectivity index (χ1n) is 9.30. The van der Waals surface area contributed by atoms with Crippen LogP contribution in [0.2, 0.25) is 0 Å². The lowest BCUT2D eigenvalue weighted by molar-refractivity contribution is -0.123. The fourth-order valence-corrected chi connectivity index (χ4v) is 2.84. The van der Waals surface area contributed by atoms with Crippen LogP contribution in [0.4, 0.5) is 0 Å². The van der Waals surface area contributed by atoms with Crippen molar-refractivity contribution in [3.8, 4) is 0 Å². The molecule has 138 valence electrons. The molecule has 1 saturated heterocycles. The minimum atomic E-state index is 0.0659. The number of piperazine rings is 1. The Hall–Kier alpha value is -1.88. The molecule has 1 atom stereocenters. The Morgan fingerprint density at radius 3 is 2.16 bits per heavy atom. The number of nitrogens with zero attached hydrogens (tertiary/aromatic N) is 2. The first kappa shape index (κ1) is 19.4. The molecule has 1 aliphatic heterocycles. The van der Waals surface area contributed by atoms with E-state index in [-0.39, 0.29) is 17.9 Å². The summed E-state index contributed by atoms with van der Waals surface area (Å²) in [5.74, 6) is 0.578. The number of benzene rings is 1. The van der Waals surface area contributed by atoms with Crippen molar-refractivity contribution >= 4 is 11.8 Å². The molecule has 1 aromatic carbocycles. The van der Waals surface area contributed by atoms with Crippen LogP contribution in [0.25, 0.3) is 0 Å². The number of carbonyl (C=O) groups excluding carboxylic acids is 2. The van der Waals surface area contributed by atoms with Gasteiger partial charge in [-0.05, 0) is 37.0 Å². The van der Waals surface area contributed by atoms with Gasteiger partial charge in [0.1, 0.15) is 0 Å². The van der Waals surface area contributed by atoms with Crippen molar-refractivity contribution in [3.63, 3.8) is 0 Å². The summed E-state index contributed by atoms with van der Waals surface area (Å²) in [6.45, 7) is 11.6. The SMILES string of the molecule is CCc1ccc(C(=O)N2CCN(CC(=O)NC(C)C(C)C)CC2)cc1. The Kier molecular flexibility index (Phi) is 7.00. The van der Waals surface area contributed by atoms with Crippen LogP contribution in [0.5, 0.6) is 0 Å². The molecule has 1 fully saturated rings. The Morgan fingerprint density at radius 1 is 1.04 bits per heavy atom. The molecule has 1 unspecified atom stereocenters. The van der Waals surface area contributed by atoms with Gasteiger partial charge in [-0.3, -0.25) is 14.5 Å². The third-order valence-corrected chi connectivity index (χ3v) is 5.02. The van der Waals surface area contributed by atoms with Crippen LogP contribution in [-0.2, 0) is 11.2 Å². The number of hydrogen-bond acceptors (Lipinski definition) is 3. The highest BCUT2D eigenvalue weighted by molar-refractivity contribution is 5.94. The van der Waals surface area contributed by atoms with E-state index in [9.17, 15) is 9.59 Å². The summed E-state index contributed by atoms with van der Waals surface area (Å²) in [4.78, 5) is 28.7. The van der Waals surface area contributed by atoms with E-state index in [4.69, 9.17) is 0 Å². The van der Waals surface area contributed by atoms with Crippen LogP contribution in [0.3, 0.4) is 0 Å². The molecule has 25 heavy (non-hydrogen) atoms. The minimum Gasteiger partial charge on any atom is -0.352 e. The van der Waals surface area contributed by atoms with Gasteiger partial charge >= 0.3 is 0 Å². The van der Waals surface area contributed by atoms with Gasteiger partial charge < -0.3 is 10.2 Å². The molecule has 2 rings (SSSR count). The van der Waals surface area contributed by atoms with Gasteiger partial charge in [0, 0.05) is 37.8 Å². The monoisotopic (exact) mass is 345 g/mol. The van der Waals surface area contributed by atoms with Crippen molar-refractivity contribution in [2.24, 2.45) is 5.92 Å². The molecule has 0 aliphatic carbocycles. The smallest absolute Gasteiger partial charge is 0.253 e. The van der Waals surface area contributed by atoms with E-state index < -0.39 is 0 Å². The second-order valence-electron chi connectivity index (χ2n) is 7.22. The van der Waals surface area contributed by atoms with Crippen molar-refractivity contribution < 1.29 is 9.59 Å². The second kappa shape index (κ2) is 8.99. The van der Waals surface area contributed by atoms with Crippen molar-refractivity contribution in [2.75, 3.05) is 32.7 Å². The maximum Gasteiger partial charge on any atom is 0.253 e. The molecule has 1 aliphatic rings. The zero-order valence-electron chi connectivity index (χ0n) is 15.9. The molecule has 0 bridgehead atoms. The predicted molar refractivity (Wildman–Crippen MR) is 101 cm³/mol. The summed E-state index contributed by atoms with van der Waals surface area (Å²) in [6, 6.07) is 8.04. The van der Waals surface area contributed by atoms with E-state index in [0.717, 1.165) is 25.1 Å². The van der Waals surface area contributed by atoms with Crippen LogP contribution in [0.1, 0.15) is 43.6 Å². The Bertz CT molecular complexity index is 575. The van der Waals surface area contributed by atoms with E-state index in [1.54, 1.807) is 0 Å². The third kappa shape index (κ3) is 5.56. The fraction of sp³-hybridized carbons (Fsp3) is 0.600. The van der Waals surface area contributed by atoms with Gasteiger partial charge in [-0.1, -0.05) is 32.9 Å². The van der Waals surface area contributed by atoms with E-state index in [2.05, 4.69) is 31.0 Å². The average Bonchev–Trinajstić information content (AvgIpc) is 2.61. The molecule has 0 saturated carbocycles. The van der Waals surface area contributed by atoms with Crippen molar-refractivity contribution in [1.29, 1.82) is 0 Å². The first-order chi connectivity index (χ1) is 11.9.